The molecule has 126 valence electrons. The smallest absolute Gasteiger partial charge is 0.469 e. The largest absolute Gasteiger partial charge is 0.508 e. The molecule has 0 aromatic heterocycles. The fourth-order valence-corrected chi connectivity index (χ4v) is 1.62. The summed E-state index contributed by atoms with van der Waals surface area (Å²) >= 11 is 0. The van der Waals surface area contributed by atoms with E-state index in [0.29, 0.717) is 0 Å². The first-order valence-corrected chi connectivity index (χ1v) is 6.66. The van der Waals surface area contributed by atoms with Crippen LogP contribution >= 0.6 is 0 Å². The van der Waals surface area contributed by atoms with Crippen molar-refractivity contribution in [3.8, 4) is 0 Å². The number of rotatable bonds is 7. The lowest BCUT2D eigenvalue weighted by molar-refractivity contribution is -0.147. The molecule has 1 aromatic rings. The second kappa shape index (κ2) is 9.39. The van der Waals surface area contributed by atoms with Crippen LogP contribution < -0.4 is 0 Å². The molecular weight excluding hydrogens is 311 g/mol. The summed E-state index contributed by atoms with van der Waals surface area (Å²) in [6, 6.07) is 5.76. The van der Waals surface area contributed by atoms with Crippen molar-refractivity contribution in [1.29, 1.82) is 0 Å². The third-order valence-electron chi connectivity index (χ3n) is 2.81. The number of carbonyl (C=O) groups excluding carboxylic acids is 3. The SMILES string of the molecule is COC(=O)CC(CC(=O)OC)OC(=O)OCc1ccccc1F. The number of hydrogen-bond donors (Lipinski definition) is 0. The van der Waals surface area contributed by atoms with Gasteiger partial charge in [0.15, 0.2) is 0 Å². The average Bonchev–Trinajstić information content (AvgIpc) is 2.53. The van der Waals surface area contributed by atoms with Gasteiger partial charge in [-0.2, -0.15) is 0 Å². The Kier molecular flexibility index (Phi) is 7.52. The molecule has 0 bridgehead atoms. The Morgan fingerprint density at radius 3 is 2.13 bits per heavy atom. The van der Waals surface area contributed by atoms with Gasteiger partial charge in [0, 0.05) is 5.56 Å². The predicted molar refractivity (Wildman–Crippen MR) is 74.7 cm³/mol. The van der Waals surface area contributed by atoms with Crippen LogP contribution in [0.25, 0.3) is 0 Å². The van der Waals surface area contributed by atoms with E-state index < -0.39 is 30.0 Å². The zero-order valence-corrected chi connectivity index (χ0v) is 12.7. The van der Waals surface area contributed by atoms with Gasteiger partial charge in [-0.05, 0) is 6.07 Å². The third-order valence-corrected chi connectivity index (χ3v) is 2.81. The van der Waals surface area contributed by atoms with Crippen LogP contribution in [-0.4, -0.2) is 38.4 Å². The summed E-state index contributed by atoms with van der Waals surface area (Å²) in [5.41, 5.74) is 0.168. The van der Waals surface area contributed by atoms with Crippen molar-refractivity contribution in [1.82, 2.24) is 0 Å². The number of methoxy groups -OCH3 is 2. The van der Waals surface area contributed by atoms with Gasteiger partial charge in [0.25, 0.3) is 0 Å². The molecule has 0 aliphatic heterocycles. The summed E-state index contributed by atoms with van der Waals surface area (Å²) in [6.07, 6.45) is -2.89. The molecule has 0 aliphatic rings. The van der Waals surface area contributed by atoms with Crippen LogP contribution in [0.3, 0.4) is 0 Å². The quantitative estimate of drug-likeness (QED) is 0.558. The molecule has 0 spiro atoms. The molecule has 1 aromatic carbocycles. The number of ether oxygens (including phenoxy) is 4. The highest BCUT2D eigenvalue weighted by Crippen LogP contribution is 2.11. The van der Waals surface area contributed by atoms with Crippen LogP contribution in [0.4, 0.5) is 9.18 Å². The summed E-state index contributed by atoms with van der Waals surface area (Å²) in [7, 11) is 2.32. The summed E-state index contributed by atoms with van der Waals surface area (Å²) in [5, 5.41) is 0. The van der Waals surface area contributed by atoms with Crippen LogP contribution in [0.15, 0.2) is 24.3 Å². The van der Waals surface area contributed by atoms with Crippen molar-refractivity contribution >= 4 is 18.1 Å². The highest BCUT2D eigenvalue weighted by atomic mass is 19.1. The standard InChI is InChI=1S/C15H17FO7/c1-20-13(17)7-11(8-14(18)21-2)23-15(19)22-9-10-5-3-4-6-12(10)16/h3-6,11H,7-9H2,1-2H3. The highest BCUT2D eigenvalue weighted by molar-refractivity contribution is 5.74. The molecular formula is C15H17FO7. The number of halogens is 1. The first-order chi connectivity index (χ1) is 11.0. The normalized spacial score (nSPS) is 10.1. The zero-order chi connectivity index (χ0) is 17.2. The number of esters is 2. The fourth-order valence-electron chi connectivity index (χ4n) is 1.62. The highest BCUT2D eigenvalue weighted by Gasteiger charge is 2.23. The van der Waals surface area contributed by atoms with Crippen molar-refractivity contribution in [2.75, 3.05) is 14.2 Å². The van der Waals surface area contributed by atoms with Gasteiger partial charge in [0.2, 0.25) is 0 Å². The molecule has 0 N–H and O–H groups in total. The lowest BCUT2D eigenvalue weighted by atomic mass is 10.2. The monoisotopic (exact) mass is 328 g/mol. The van der Waals surface area contributed by atoms with Crippen LogP contribution in [0.5, 0.6) is 0 Å². The van der Waals surface area contributed by atoms with Crippen molar-refractivity contribution in [3.63, 3.8) is 0 Å². The Balaban J connectivity index is 2.56. The van der Waals surface area contributed by atoms with Gasteiger partial charge in [-0.3, -0.25) is 9.59 Å². The molecule has 8 heteroatoms. The predicted octanol–water partition coefficient (Wildman–Crippen LogP) is 1.97. The summed E-state index contributed by atoms with van der Waals surface area (Å²) < 4.78 is 31.9. The van der Waals surface area contributed by atoms with Gasteiger partial charge in [0.05, 0.1) is 27.1 Å². The topological polar surface area (TPSA) is 88.1 Å². The minimum absolute atomic E-state index is 0.168. The molecule has 0 aliphatic carbocycles. The molecule has 0 amide bonds. The molecule has 0 unspecified atom stereocenters. The maximum atomic E-state index is 13.4. The maximum Gasteiger partial charge on any atom is 0.508 e. The Hall–Kier alpha value is -2.64. The molecule has 0 saturated heterocycles. The number of carbonyl (C=O) groups is 3. The van der Waals surface area contributed by atoms with E-state index in [0.717, 1.165) is 14.2 Å². The van der Waals surface area contributed by atoms with Gasteiger partial charge >= 0.3 is 18.1 Å². The van der Waals surface area contributed by atoms with Crippen LogP contribution in [0, 0.1) is 5.82 Å². The van der Waals surface area contributed by atoms with Gasteiger partial charge in [-0.15, -0.1) is 0 Å². The maximum absolute atomic E-state index is 13.4. The minimum Gasteiger partial charge on any atom is -0.469 e. The molecule has 1 rings (SSSR count). The summed E-state index contributed by atoms with van der Waals surface area (Å²) in [6.45, 7) is -0.339. The van der Waals surface area contributed by atoms with E-state index in [4.69, 9.17) is 9.47 Å². The fraction of sp³-hybridized carbons (Fsp3) is 0.400. The van der Waals surface area contributed by atoms with Crippen LogP contribution in [-0.2, 0) is 35.1 Å². The first-order valence-electron chi connectivity index (χ1n) is 6.66. The lowest BCUT2D eigenvalue weighted by Gasteiger charge is -2.15. The zero-order valence-electron chi connectivity index (χ0n) is 12.7. The van der Waals surface area contributed by atoms with Crippen molar-refractivity contribution in [3.05, 3.63) is 35.6 Å². The van der Waals surface area contributed by atoms with Gasteiger partial charge in [-0.25, -0.2) is 9.18 Å². The van der Waals surface area contributed by atoms with Crippen molar-refractivity contribution in [2.45, 2.75) is 25.6 Å². The van der Waals surface area contributed by atoms with E-state index in [9.17, 15) is 18.8 Å². The molecule has 0 atom stereocenters. The van der Waals surface area contributed by atoms with E-state index in [1.807, 2.05) is 0 Å². The molecule has 0 radical (unpaired) electrons. The Morgan fingerprint density at radius 2 is 1.61 bits per heavy atom. The second-order valence-corrected chi connectivity index (χ2v) is 4.43. The lowest BCUT2D eigenvalue weighted by Crippen LogP contribution is -2.26. The summed E-state index contributed by atoms with van der Waals surface area (Å²) in [4.78, 5) is 34.1. The first kappa shape index (κ1) is 18.4. The third kappa shape index (κ3) is 6.77. The van der Waals surface area contributed by atoms with E-state index in [1.54, 1.807) is 6.07 Å². The molecule has 23 heavy (non-hydrogen) atoms. The van der Waals surface area contributed by atoms with E-state index in [1.165, 1.54) is 18.2 Å². The van der Waals surface area contributed by atoms with E-state index >= 15 is 0 Å². The molecule has 0 fully saturated rings. The number of hydrogen-bond acceptors (Lipinski definition) is 7. The van der Waals surface area contributed by atoms with Gasteiger partial charge in [0.1, 0.15) is 18.5 Å². The minimum atomic E-state index is -1.13. The van der Waals surface area contributed by atoms with Crippen LogP contribution in [0.1, 0.15) is 18.4 Å². The Bertz CT molecular complexity index is 541. The van der Waals surface area contributed by atoms with E-state index in [-0.39, 0.29) is 25.0 Å². The van der Waals surface area contributed by atoms with Crippen molar-refractivity contribution < 1.29 is 37.7 Å². The molecule has 7 nitrogen and oxygen atoms in total. The molecule has 0 heterocycles. The number of benzene rings is 1. The van der Waals surface area contributed by atoms with Crippen LogP contribution in [0.2, 0.25) is 0 Å². The second-order valence-electron chi connectivity index (χ2n) is 4.43. The Morgan fingerprint density at radius 1 is 1.04 bits per heavy atom. The average molecular weight is 328 g/mol. The van der Waals surface area contributed by atoms with Gasteiger partial charge in [-0.1, -0.05) is 18.2 Å². The van der Waals surface area contributed by atoms with Crippen molar-refractivity contribution in [2.24, 2.45) is 0 Å². The van der Waals surface area contributed by atoms with E-state index in [2.05, 4.69) is 9.47 Å². The molecule has 0 saturated carbocycles. The summed E-state index contributed by atoms with van der Waals surface area (Å²) in [5.74, 6) is -1.86. The van der Waals surface area contributed by atoms with Gasteiger partial charge < -0.3 is 18.9 Å². The Labute approximate surface area is 132 Å².